The first-order chi connectivity index (χ1) is 9.76. The Balaban J connectivity index is 0.00000400. The molecule has 0 heterocycles. The molecule has 0 saturated heterocycles. The van der Waals surface area contributed by atoms with Crippen molar-refractivity contribution >= 4 is 29.9 Å². The van der Waals surface area contributed by atoms with Gasteiger partial charge < -0.3 is 15.4 Å². The van der Waals surface area contributed by atoms with Crippen LogP contribution in [0.25, 0.3) is 0 Å². The van der Waals surface area contributed by atoms with E-state index < -0.39 is 0 Å². The molecule has 0 aromatic heterocycles. The Bertz CT molecular complexity index is 384. The summed E-state index contributed by atoms with van der Waals surface area (Å²) in [6.07, 6.45) is 1.08. The standard InChI is InChI=1S/C16H27N3O.HI/c1-4-14(3)19-16(17-5-2)18-11-12-20-13-15-9-7-6-8-10-15;/h6-10,14H,4-5,11-13H2,1-3H3,(H2,17,18,19);1H. The predicted octanol–water partition coefficient (Wildman–Crippen LogP) is 3.17. The van der Waals surface area contributed by atoms with E-state index in [1.807, 2.05) is 18.2 Å². The van der Waals surface area contributed by atoms with Crippen molar-refractivity contribution in [2.24, 2.45) is 4.99 Å². The van der Waals surface area contributed by atoms with E-state index >= 15 is 0 Å². The summed E-state index contributed by atoms with van der Waals surface area (Å²) in [6.45, 7) is 9.19. The maximum absolute atomic E-state index is 5.62. The third kappa shape index (κ3) is 9.68. The monoisotopic (exact) mass is 405 g/mol. The van der Waals surface area contributed by atoms with Gasteiger partial charge in [-0.05, 0) is 25.8 Å². The number of aliphatic imine (C=N–C) groups is 1. The highest BCUT2D eigenvalue weighted by molar-refractivity contribution is 14.0. The van der Waals surface area contributed by atoms with Gasteiger partial charge >= 0.3 is 0 Å². The van der Waals surface area contributed by atoms with Crippen molar-refractivity contribution in [2.75, 3.05) is 19.7 Å². The summed E-state index contributed by atoms with van der Waals surface area (Å²) < 4.78 is 5.62. The average Bonchev–Trinajstić information content (AvgIpc) is 2.48. The molecule has 0 aliphatic rings. The molecule has 5 heteroatoms. The molecular formula is C16H28IN3O. The van der Waals surface area contributed by atoms with Crippen LogP contribution in [0.1, 0.15) is 32.8 Å². The molecule has 120 valence electrons. The number of benzene rings is 1. The van der Waals surface area contributed by atoms with Crippen molar-refractivity contribution in [1.29, 1.82) is 0 Å². The van der Waals surface area contributed by atoms with E-state index in [1.165, 1.54) is 5.56 Å². The highest BCUT2D eigenvalue weighted by Crippen LogP contribution is 1.99. The van der Waals surface area contributed by atoms with Crippen molar-refractivity contribution in [3.8, 4) is 0 Å². The van der Waals surface area contributed by atoms with Crippen molar-refractivity contribution in [3.05, 3.63) is 35.9 Å². The van der Waals surface area contributed by atoms with Crippen molar-refractivity contribution in [1.82, 2.24) is 10.6 Å². The molecule has 1 unspecified atom stereocenters. The second-order valence-corrected chi connectivity index (χ2v) is 4.75. The Morgan fingerprint density at radius 1 is 1.24 bits per heavy atom. The van der Waals surface area contributed by atoms with Gasteiger partial charge in [0, 0.05) is 12.6 Å². The second-order valence-electron chi connectivity index (χ2n) is 4.75. The molecule has 1 atom stereocenters. The Hall–Kier alpha value is -0.820. The third-order valence-electron chi connectivity index (χ3n) is 2.96. The predicted molar refractivity (Wildman–Crippen MR) is 100 cm³/mol. The summed E-state index contributed by atoms with van der Waals surface area (Å²) in [5.41, 5.74) is 1.20. The number of hydrogen-bond acceptors (Lipinski definition) is 2. The fraction of sp³-hybridized carbons (Fsp3) is 0.562. The second kappa shape index (κ2) is 12.9. The maximum Gasteiger partial charge on any atom is 0.191 e. The van der Waals surface area contributed by atoms with E-state index in [1.54, 1.807) is 0 Å². The van der Waals surface area contributed by atoms with Crippen LogP contribution in [0.2, 0.25) is 0 Å². The first kappa shape index (κ1) is 20.2. The Kier molecular flexibility index (Phi) is 12.4. The topological polar surface area (TPSA) is 45.7 Å². The van der Waals surface area contributed by atoms with Crippen LogP contribution in [-0.2, 0) is 11.3 Å². The van der Waals surface area contributed by atoms with Crippen LogP contribution < -0.4 is 10.6 Å². The molecule has 0 aliphatic carbocycles. The van der Waals surface area contributed by atoms with Gasteiger partial charge in [0.05, 0.1) is 19.8 Å². The van der Waals surface area contributed by atoms with Gasteiger partial charge in [0.2, 0.25) is 0 Å². The molecule has 0 amide bonds. The number of nitrogens with one attached hydrogen (secondary N) is 2. The fourth-order valence-electron chi connectivity index (χ4n) is 1.64. The highest BCUT2D eigenvalue weighted by atomic mass is 127. The zero-order valence-electron chi connectivity index (χ0n) is 13.3. The summed E-state index contributed by atoms with van der Waals surface area (Å²) in [4.78, 5) is 4.50. The van der Waals surface area contributed by atoms with Gasteiger partial charge in [-0.2, -0.15) is 0 Å². The lowest BCUT2D eigenvalue weighted by molar-refractivity contribution is 0.128. The molecule has 1 rings (SSSR count). The minimum Gasteiger partial charge on any atom is -0.375 e. The molecule has 0 radical (unpaired) electrons. The lowest BCUT2D eigenvalue weighted by Gasteiger charge is -2.16. The van der Waals surface area contributed by atoms with Crippen LogP contribution >= 0.6 is 24.0 Å². The number of hydrogen-bond donors (Lipinski definition) is 2. The molecular weight excluding hydrogens is 377 g/mol. The fourth-order valence-corrected chi connectivity index (χ4v) is 1.64. The molecule has 4 nitrogen and oxygen atoms in total. The van der Waals surface area contributed by atoms with Crippen LogP contribution in [0.15, 0.2) is 35.3 Å². The van der Waals surface area contributed by atoms with Crippen molar-refractivity contribution < 1.29 is 4.74 Å². The van der Waals surface area contributed by atoms with Gasteiger partial charge in [0.15, 0.2) is 5.96 Å². The summed E-state index contributed by atoms with van der Waals surface area (Å²) in [5.74, 6) is 0.866. The summed E-state index contributed by atoms with van der Waals surface area (Å²) in [7, 11) is 0. The lowest BCUT2D eigenvalue weighted by Crippen LogP contribution is -2.42. The molecule has 2 N–H and O–H groups in total. The number of halogens is 1. The van der Waals surface area contributed by atoms with Crippen LogP contribution in [0.5, 0.6) is 0 Å². The van der Waals surface area contributed by atoms with Gasteiger partial charge in [-0.3, -0.25) is 4.99 Å². The lowest BCUT2D eigenvalue weighted by atomic mass is 10.2. The van der Waals surface area contributed by atoms with Gasteiger partial charge in [0.1, 0.15) is 0 Å². The van der Waals surface area contributed by atoms with Crippen LogP contribution in [0.4, 0.5) is 0 Å². The third-order valence-corrected chi connectivity index (χ3v) is 2.96. The molecule has 21 heavy (non-hydrogen) atoms. The molecule has 1 aromatic carbocycles. The zero-order chi connectivity index (χ0) is 14.6. The first-order valence-electron chi connectivity index (χ1n) is 7.42. The molecule has 0 fully saturated rings. The Labute approximate surface area is 145 Å². The number of ether oxygens (including phenoxy) is 1. The van der Waals surface area contributed by atoms with Gasteiger partial charge in [-0.15, -0.1) is 24.0 Å². The van der Waals surface area contributed by atoms with Gasteiger partial charge in [0.25, 0.3) is 0 Å². The SMILES string of the molecule is CCNC(=NCCOCc1ccccc1)NC(C)CC.I. The number of guanidine groups is 1. The zero-order valence-corrected chi connectivity index (χ0v) is 15.6. The molecule has 0 saturated carbocycles. The quantitative estimate of drug-likeness (QED) is 0.302. The van der Waals surface area contributed by atoms with E-state index in [0.717, 1.165) is 18.9 Å². The van der Waals surface area contributed by atoms with Crippen LogP contribution in [0.3, 0.4) is 0 Å². The minimum absolute atomic E-state index is 0. The van der Waals surface area contributed by atoms with E-state index in [4.69, 9.17) is 4.74 Å². The maximum atomic E-state index is 5.62. The average molecular weight is 405 g/mol. The first-order valence-corrected chi connectivity index (χ1v) is 7.42. The van der Waals surface area contributed by atoms with Crippen LogP contribution in [0, 0.1) is 0 Å². The largest absolute Gasteiger partial charge is 0.375 e. The van der Waals surface area contributed by atoms with Crippen LogP contribution in [-0.4, -0.2) is 31.7 Å². The molecule has 1 aromatic rings. The smallest absolute Gasteiger partial charge is 0.191 e. The molecule has 0 spiro atoms. The summed E-state index contributed by atoms with van der Waals surface area (Å²) >= 11 is 0. The molecule has 0 bridgehead atoms. The van der Waals surface area contributed by atoms with E-state index in [0.29, 0.717) is 25.8 Å². The number of rotatable bonds is 8. The molecule has 0 aliphatic heterocycles. The van der Waals surface area contributed by atoms with E-state index in [2.05, 4.69) is 48.5 Å². The van der Waals surface area contributed by atoms with E-state index in [9.17, 15) is 0 Å². The normalized spacial score (nSPS) is 12.4. The van der Waals surface area contributed by atoms with Gasteiger partial charge in [-0.1, -0.05) is 37.3 Å². The van der Waals surface area contributed by atoms with E-state index in [-0.39, 0.29) is 24.0 Å². The minimum atomic E-state index is 0. The summed E-state index contributed by atoms with van der Waals surface area (Å²) in [5, 5.41) is 6.60. The Morgan fingerprint density at radius 2 is 1.95 bits per heavy atom. The van der Waals surface area contributed by atoms with Crippen molar-refractivity contribution in [3.63, 3.8) is 0 Å². The number of nitrogens with zero attached hydrogens (tertiary/aromatic N) is 1. The van der Waals surface area contributed by atoms with Crippen molar-refractivity contribution in [2.45, 2.75) is 39.8 Å². The Morgan fingerprint density at radius 3 is 2.57 bits per heavy atom. The highest BCUT2D eigenvalue weighted by Gasteiger charge is 2.01. The van der Waals surface area contributed by atoms with Gasteiger partial charge in [-0.25, -0.2) is 0 Å². The summed E-state index contributed by atoms with van der Waals surface area (Å²) in [6, 6.07) is 10.6.